The molecule has 3 aromatic rings. The van der Waals surface area contributed by atoms with Gasteiger partial charge in [0.05, 0.1) is 6.26 Å². The fourth-order valence-electron chi connectivity index (χ4n) is 1.67. The van der Waals surface area contributed by atoms with Crippen molar-refractivity contribution in [1.82, 2.24) is 40.7 Å². The molecule has 3 heterocycles. The van der Waals surface area contributed by atoms with Crippen molar-refractivity contribution in [2.75, 3.05) is 6.54 Å². The van der Waals surface area contributed by atoms with E-state index in [1.807, 2.05) is 0 Å². The number of amides is 1. The standard InChI is InChI=1S/C11H12N8O2/c20-10(12-4-3-9-13-7-14-15-9)6-19-17-11(16-18-19)8-2-1-5-21-8/h1-2,5,7H,3-4,6H2,(H,12,20)(H,13,14,15). The Morgan fingerprint density at radius 1 is 1.48 bits per heavy atom. The fourth-order valence-corrected chi connectivity index (χ4v) is 1.67. The first-order valence-electron chi connectivity index (χ1n) is 6.24. The molecule has 10 heteroatoms. The summed E-state index contributed by atoms with van der Waals surface area (Å²) in [5.74, 6) is 1.36. The van der Waals surface area contributed by atoms with Crippen molar-refractivity contribution >= 4 is 5.91 Å². The molecule has 0 saturated heterocycles. The molecule has 0 spiro atoms. The van der Waals surface area contributed by atoms with Crippen molar-refractivity contribution in [1.29, 1.82) is 0 Å². The van der Waals surface area contributed by atoms with Crippen LogP contribution in [0.25, 0.3) is 11.6 Å². The third-order valence-corrected chi connectivity index (χ3v) is 2.63. The van der Waals surface area contributed by atoms with Crippen LogP contribution in [0.4, 0.5) is 0 Å². The molecule has 0 aliphatic rings. The van der Waals surface area contributed by atoms with E-state index in [0.29, 0.717) is 30.4 Å². The zero-order chi connectivity index (χ0) is 14.5. The first-order chi connectivity index (χ1) is 10.3. The third kappa shape index (κ3) is 3.29. The fraction of sp³-hybridized carbons (Fsp3) is 0.273. The normalized spacial score (nSPS) is 10.7. The quantitative estimate of drug-likeness (QED) is 0.620. The highest BCUT2D eigenvalue weighted by atomic mass is 16.3. The molecule has 0 unspecified atom stereocenters. The molecule has 0 fully saturated rings. The summed E-state index contributed by atoms with van der Waals surface area (Å²) < 4.78 is 5.15. The molecule has 108 valence electrons. The second-order valence-electron chi connectivity index (χ2n) is 4.15. The van der Waals surface area contributed by atoms with Gasteiger partial charge in [0.2, 0.25) is 11.7 Å². The number of aromatic nitrogens is 7. The zero-order valence-corrected chi connectivity index (χ0v) is 10.9. The minimum absolute atomic E-state index is 0.00981. The lowest BCUT2D eigenvalue weighted by atomic mass is 10.4. The maximum absolute atomic E-state index is 11.7. The minimum atomic E-state index is -0.210. The second-order valence-corrected chi connectivity index (χ2v) is 4.15. The van der Waals surface area contributed by atoms with Crippen LogP contribution < -0.4 is 5.32 Å². The molecule has 0 aliphatic heterocycles. The van der Waals surface area contributed by atoms with Crippen LogP contribution in [-0.2, 0) is 17.8 Å². The highest BCUT2D eigenvalue weighted by Gasteiger charge is 2.10. The molecule has 10 nitrogen and oxygen atoms in total. The van der Waals surface area contributed by atoms with Crippen molar-refractivity contribution in [3.63, 3.8) is 0 Å². The van der Waals surface area contributed by atoms with E-state index in [1.54, 1.807) is 12.1 Å². The lowest BCUT2D eigenvalue weighted by Crippen LogP contribution is -2.30. The Labute approximate surface area is 118 Å². The van der Waals surface area contributed by atoms with Crippen molar-refractivity contribution in [2.24, 2.45) is 0 Å². The molecule has 3 rings (SSSR count). The predicted molar refractivity (Wildman–Crippen MR) is 68.6 cm³/mol. The summed E-state index contributed by atoms with van der Waals surface area (Å²) in [5.41, 5.74) is 0. The number of hydrogen-bond donors (Lipinski definition) is 2. The van der Waals surface area contributed by atoms with Crippen molar-refractivity contribution in [3.05, 3.63) is 30.5 Å². The van der Waals surface area contributed by atoms with Gasteiger partial charge in [0.1, 0.15) is 18.7 Å². The molecular weight excluding hydrogens is 276 g/mol. The average Bonchev–Trinajstić information content (AvgIpc) is 3.21. The van der Waals surface area contributed by atoms with E-state index in [4.69, 9.17) is 4.42 Å². The van der Waals surface area contributed by atoms with Crippen LogP contribution >= 0.6 is 0 Å². The van der Waals surface area contributed by atoms with E-state index >= 15 is 0 Å². The molecule has 0 bridgehead atoms. The van der Waals surface area contributed by atoms with Gasteiger partial charge in [-0.1, -0.05) is 0 Å². The number of tetrazole rings is 1. The lowest BCUT2D eigenvalue weighted by Gasteiger charge is -2.02. The Morgan fingerprint density at radius 2 is 2.43 bits per heavy atom. The lowest BCUT2D eigenvalue weighted by molar-refractivity contribution is -0.122. The number of aromatic amines is 1. The maximum atomic E-state index is 11.7. The monoisotopic (exact) mass is 288 g/mol. The van der Waals surface area contributed by atoms with Gasteiger partial charge in [-0.15, -0.1) is 10.2 Å². The van der Waals surface area contributed by atoms with Gasteiger partial charge in [-0.05, 0) is 17.3 Å². The second kappa shape index (κ2) is 5.94. The van der Waals surface area contributed by atoms with E-state index in [-0.39, 0.29) is 12.5 Å². The van der Waals surface area contributed by atoms with Crippen molar-refractivity contribution in [3.8, 4) is 11.6 Å². The van der Waals surface area contributed by atoms with Gasteiger partial charge >= 0.3 is 0 Å². The van der Waals surface area contributed by atoms with Crippen LogP contribution in [0.2, 0.25) is 0 Å². The molecular formula is C11H12N8O2. The van der Waals surface area contributed by atoms with Gasteiger partial charge in [0.15, 0.2) is 5.76 Å². The smallest absolute Gasteiger partial charge is 0.243 e. The number of H-pyrrole nitrogens is 1. The molecule has 2 N–H and O–H groups in total. The van der Waals surface area contributed by atoms with Gasteiger partial charge in [-0.25, -0.2) is 4.98 Å². The Morgan fingerprint density at radius 3 is 3.19 bits per heavy atom. The van der Waals surface area contributed by atoms with Gasteiger partial charge in [-0.2, -0.15) is 9.90 Å². The van der Waals surface area contributed by atoms with Gasteiger partial charge in [-0.3, -0.25) is 9.89 Å². The zero-order valence-electron chi connectivity index (χ0n) is 10.9. The van der Waals surface area contributed by atoms with E-state index < -0.39 is 0 Å². The van der Waals surface area contributed by atoms with Crippen LogP contribution in [0, 0.1) is 0 Å². The summed E-state index contributed by atoms with van der Waals surface area (Å²) in [6.07, 6.45) is 3.52. The summed E-state index contributed by atoms with van der Waals surface area (Å²) in [5, 5.41) is 20.9. The van der Waals surface area contributed by atoms with Gasteiger partial charge in [0, 0.05) is 13.0 Å². The Kier molecular flexibility index (Phi) is 3.67. The van der Waals surface area contributed by atoms with Crippen LogP contribution in [0.1, 0.15) is 5.82 Å². The Hall–Kier alpha value is -3.04. The summed E-state index contributed by atoms with van der Waals surface area (Å²) >= 11 is 0. The number of nitrogens with zero attached hydrogens (tertiary/aromatic N) is 6. The Balaban J connectivity index is 1.48. The molecule has 3 aromatic heterocycles. The number of nitrogens with one attached hydrogen (secondary N) is 2. The van der Waals surface area contributed by atoms with Crippen LogP contribution in [0.5, 0.6) is 0 Å². The van der Waals surface area contributed by atoms with E-state index in [0.717, 1.165) is 0 Å². The van der Waals surface area contributed by atoms with Crippen molar-refractivity contribution < 1.29 is 9.21 Å². The summed E-state index contributed by atoms with van der Waals surface area (Å²) in [6, 6.07) is 3.45. The molecule has 21 heavy (non-hydrogen) atoms. The van der Waals surface area contributed by atoms with E-state index in [1.165, 1.54) is 17.4 Å². The first kappa shape index (κ1) is 13.0. The molecule has 0 saturated carbocycles. The summed E-state index contributed by atoms with van der Waals surface area (Å²) in [4.78, 5) is 16.9. The number of furan rings is 1. The topological polar surface area (TPSA) is 127 Å². The maximum Gasteiger partial charge on any atom is 0.243 e. The predicted octanol–water partition coefficient (Wildman–Crippen LogP) is -0.590. The average molecular weight is 288 g/mol. The van der Waals surface area contributed by atoms with Crippen LogP contribution in [-0.4, -0.2) is 47.8 Å². The largest absolute Gasteiger partial charge is 0.461 e. The number of hydrogen-bond acceptors (Lipinski definition) is 7. The summed E-state index contributed by atoms with van der Waals surface area (Å²) in [7, 11) is 0. The van der Waals surface area contributed by atoms with Crippen LogP contribution in [0.15, 0.2) is 29.1 Å². The van der Waals surface area contributed by atoms with E-state index in [9.17, 15) is 4.79 Å². The summed E-state index contributed by atoms with van der Waals surface area (Å²) in [6.45, 7) is 0.442. The number of carbonyl (C=O) groups excluding carboxylic acids is 1. The molecule has 0 atom stereocenters. The first-order valence-corrected chi connectivity index (χ1v) is 6.24. The molecule has 0 radical (unpaired) electrons. The third-order valence-electron chi connectivity index (χ3n) is 2.63. The molecule has 1 amide bonds. The molecule has 0 aromatic carbocycles. The minimum Gasteiger partial charge on any atom is -0.461 e. The van der Waals surface area contributed by atoms with Gasteiger partial charge < -0.3 is 9.73 Å². The Bertz CT molecular complexity index is 688. The van der Waals surface area contributed by atoms with E-state index in [2.05, 4.69) is 35.9 Å². The highest BCUT2D eigenvalue weighted by molar-refractivity contribution is 5.75. The van der Waals surface area contributed by atoms with Crippen molar-refractivity contribution in [2.45, 2.75) is 13.0 Å². The van der Waals surface area contributed by atoms with Gasteiger partial charge in [0.25, 0.3) is 0 Å². The molecule has 0 aliphatic carbocycles. The SMILES string of the molecule is O=C(Cn1nnc(-c2ccco2)n1)NCCc1ncn[nH]1. The number of carbonyl (C=O) groups is 1. The van der Waals surface area contributed by atoms with Crippen LogP contribution in [0.3, 0.4) is 0 Å². The number of rotatable bonds is 6. The highest BCUT2D eigenvalue weighted by Crippen LogP contribution is 2.12.